The van der Waals surface area contributed by atoms with Crippen LogP contribution >= 0.6 is 0 Å². The SMILES string of the molecule is CC1CCCCN1CCCNC(=O)C1CCCN1Cc1ccccc1. The molecular weight excluding hydrogens is 310 g/mol. The Morgan fingerprint density at radius 2 is 1.88 bits per heavy atom. The quantitative estimate of drug-likeness (QED) is 0.773. The summed E-state index contributed by atoms with van der Waals surface area (Å²) in [5, 5.41) is 3.19. The number of amides is 1. The van der Waals surface area contributed by atoms with Gasteiger partial charge >= 0.3 is 0 Å². The van der Waals surface area contributed by atoms with Crippen molar-refractivity contribution in [1.82, 2.24) is 15.1 Å². The maximum atomic E-state index is 12.6. The molecule has 3 rings (SSSR count). The van der Waals surface area contributed by atoms with E-state index in [1.54, 1.807) is 0 Å². The van der Waals surface area contributed by atoms with Crippen LogP contribution in [-0.4, -0.2) is 54.0 Å². The lowest BCUT2D eigenvalue weighted by atomic mass is 10.0. The van der Waals surface area contributed by atoms with Gasteiger partial charge in [0.15, 0.2) is 0 Å². The predicted molar refractivity (Wildman–Crippen MR) is 102 cm³/mol. The fourth-order valence-electron chi connectivity index (χ4n) is 4.23. The van der Waals surface area contributed by atoms with Crippen molar-refractivity contribution in [3.05, 3.63) is 35.9 Å². The molecule has 2 unspecified atom stereocenters. The molecule has 2 aliphatic rings. The van der Waals surface area contributed by atoms with E-state index in [0.717, 1.165) is 45.4 Å². The van der Waals surface area contributed by atoms with Crippen molar-refractivity contribution >= 4 is 5.91 Å². The Balaban J connectivity index is 1.39. The lowest BCUT2D eigenvalue weighted by Crippen LogP contribution is -2.44. The zero-order valence-electron chi connectivity index (χ0n) is 15.6. The van der Waals surface area contributed by atoms with Crippen molar-refractivity contribution in [1.29, 1.82) is 0 Å². The van der Waals surface area contributed by atoms with Gasteiger partial charge in [0.1, 0.15) is 0 Å². The van der Waals surface area contributed by atoms with Gasteiger partial charge in [-0.25, -0.2) is 0 Å². The Bertz CT molecular complexity index is 533. The second-order valence-corrected chi connectivity index (χ2v) is 7.64. The topological polar surface area (TPSA) is 35.6 Å². The third-order valence-corrected chi connectivity index (χ3v) is 5.76. The monoisotopic (exact) mass is 343 g/mol. The summed E-state index contributed by atoms with van der Waals surface area (Å²) in [7, 11) is 0. The van der Waals surface area contributed by atoms with E-state index in [2.05, 4.69) is 46.3 Å². The number of benzene rings is 1. The number of carbonyl (C=O) groups excluding carboxylic acids is 1. The number of piperidine rings is 1. The van der Waals surface area contributed by atoms with Crippen molar-refractivity contribution in [3.8, 4) is 0 Å². The van der Waals surface area contributed by atoms with Crippen LogP contribution in [-0.2, 0) is 11.3 Å². The number of carbonyl (C=O) groups is 1. The van der Waals surface area contributed by atoms with E-state index in [0.29, 0.717) is 6.04 Å². The average Bonchev–Trinajstić information content (AvgIpc) is 3.09. The first-order valence-corrected chi connectivity index (χ1v) is 10.0. The first-order valence-electron chi connectivity index (χ1n) is 10.0. The first kappa shape index (κ1) is 18.4. The molecule has 0 aromatic heterocycles. The van der Waals surface area contributed by atoms with Gasteiger partial charge in [0, 0.05) is 25.7 Å². The van der Waals surface area contributed by atoms with Gasteiger partial charge in [-0.3, -0.25) is 9.69 Å². The number of likely N-dealkylation sites (tertiary alicyclic amines) is 2. The lowest BCUT2D eigenvalue weighted by molar-refractivity contribution is -0.125. The summed E-state index contributed by atoms with van der Waals surface area (Å²) in [6, 6.07) is 11.2. The fraction of sp³-hybridized carbons (Fsp3) is 0.667. The molecule has 25 heavy (non-hydrogen) atoms. The van der Waals surface area contributed by atoms with Gasteiger partial charge in [-0.2, -0.15) is 0 Å². The minimum absolute atomic E-state index is 0.0501. The number of nitrogens with one attached hydrogen (secondary N) is 1. The zero-order chi connectivity index (χ0) is 17.5. The molecule has 0 aliphatic carbocycles. The summed E-state index contributed by atoms with van der Waals surface area (Å²) in [6.07, 6.45) is 7.18. The van der Waals surface area contributed by atoms with Crippen LogP contribution in [0.25, 0.3) is 0 Å². The standard InChI is InChI=1S/C21H33N3O/c1-18-9-5-6-14-23(18)16-8-13-22-21(25)20-12-7-15-24(20)17-19-10-3-2-4-11-19/h2-4,10-11,18,20H,5-9,12-17H2,1H3,(H,22,25). The van der Waals surface area contributed by atoms with Gasteiger partial charge < -0.3 is 10.2 Å². The molecule has 1 aromatic carbocycles. The molecule has 0 spiro atoms. The Hall–Kier alpha value is -1.39. The molecule has 1 aromatic rings. The second kappa shape index (κ2) is 9.35. The third-order valence-electron chi connectivity index (χ3n) is 5.76. The molecule has 1 N–H and O–H groups in total. The molecule has 2 fully saturated rings. The molecule has 0 bridgehead atoms. The summed E-state index contributed by atoms with van der Waals surface area (Å²) in [4.78, 5) is 17.5. The Morgan fingerprint density at radius 1 is 1.08 bits per heavy atom. The van der Waals surface area contributed by atoms with Gasteiger partial charge in [-0.05, 0) is 57.7 Å². The minimum Gasteiger partial charge on any atom is -0.355 e. The van der Waals surface area contributed by atoms with Crippen LogP contribution in [0, 0.1) is 0 Å². The maximum Gasteiger partial charge on any atom is 0.237 e. The summed E-state index contributed by atoms with van der Waals surface area (Å²) in [5.74, 6) is 0.222. The van der Waals surface area contributed by atoms with E-state index in [1.807, 2.05) is 6.07 Å². The molecule has 2 heterocycles. The highest BCUT2D eigenvalue weighted by Gasteiger charge is 2.30. The lowest BCUT2D eigenvalue weighted by Gasteiger charge is -2.33. The number of nitrogens with zero attached hydrogens (tertiary/aromatic N) is 2. The Labute approximate surface area is 152 Å². The van der Waals surface area contributed by atoms with E-state index >= 15 is 0 Å². The molecule has 0 radical (unpaired) electrons. The number of rotatable bonds is 7. The van der Waals surface area contributed by atoms with E-state index in [9.17, 15) is 4.79 Å². The molecule has 1 amide bonds. The van der Waals surface area contributed by atoms with Crippen LogP contribution in [0.4, 0.5) is 0 Å². The predicted octanol–water partition coefficient (Wildman–Crippen LogP) is 3.03. The summed E-state index contributed by atoms with van der Waals surface area (Å²) in [5.41, 5.74) is 1.29. The summed E-state index contributed by atoms with van der Waals surface area (Å²) in [6.45, 7) is 7.38. The van der Waals surface area contributed by atoms with E-state index in [4.69, 9.17) is 0 Å². The van der Waals surface area contributed by atoms with E-state index in [1.165, 1.54) is 31.4 Å². The van der Waals surface area contributed by atoms with Crippen LogP contribution in [0.15, 0.2) is 30.3 Å². The highest BCUT2D eigenvalue weighted by molar-refractivity contribution is 5.82. The number of hydrogen-bond donors (Lipinski definition) is 1. The Morgan fingerprint density at radius 3 is 2.68 bits per heavy atom. The molecule has 2 saturated heterocycles. The van der Waals surface area contributed by atoms with Crippen molar-refractivity contribution in [2.45, 2.75) is 64.1 Å². The number of hydrogen-bond acceptors (Lipinski definition) is 3. The molecule has 0 saturated carbocycles. The minimum atomic E-state index is 0.0501. The Kier molecular flexibility index (Phi) is 6.88. The molecule has 2 atom stereocenters. The van der Waals surface area contributed by atoms with Gasteiger partial charge in [-0.15, -0.1) is 0 Å². The maximum absolute atomic E-state index is 12.6. The molecule has 138 valence electrons. The van der Waals surface area contributed by atoms with Crippen molar-refractivity contribution < 1.29 is 4.79 Å². The van der Waals surface area contributed by atoms with Gasteiger partial charge in [0.05, 0.1) is 6.04 Å². The largest absolute Gasteiger partial charge is 0.355 e. The van der Waals surface area contributed by atoms with Crippen molar-refractivity contribution in [2.24, 2.45) is 0 Å². The zero-order valence-corrected chi connectivity index (χ0v) is 15.6. The van der Waals surface area contributed by atoms with Crippen LogP contribution < -0.4 is 5.32 Å². The van der Waals surface area contributed by atoms with E-state index < -0.39 is 0 Å². The summed E-state index contributed by atoms with van der Waals surface area (Å²) >= 11 is 0. The van der Waals surface area contributed by atoms with Gasteiger partial charge in [-0.1, -0.05) is 36.8 Å². The molecule has 4 nitrogen and oxygen atoms in total. The third kappa shape index (κ3) is 5.29. The average molecular weight is 344 g/mol. The molecule has 2 aliphatic heterocycles. The van der Waals surface area contributed by atoms with Crippen molar-refractivity contribution in [2.75, 3.05) is 26.2 Å². The van der Waals surface area contributed by atoms with Crippen LogP contribution in [0.1, 0.15) is 51.0 Å². The molecule has 4 heteroatoms. The highest BCUT2D eigenvalue weighted by atomic mass is 16.2. The highest BCUT2D eigenvalue weighted by Crippen LogP contribution is 2.20. The smallest absolute Gasteiger partial charge is 0.237 e. The second-order valence-electron chi connectivity index (χ2n) is 7.64. The van der Waals surface area contributed by atoms with Crippen LogP contribution in [0.5, 0.6) is 0 Å². The first-order chi connectivity index (χ1) is 12.2. The van der Waals surface area contributed by atoms with Crippen LogP contribution in [0.2, 0.25) is 0 Å². The summed E-state index contributed by atoms with van der Waals surface area (Å²) < 4.78 is 0. The normalized spacial score (nSPS) is 25.2. The molecular formula is C21H33N3O. The van der Waals surface area contributed by atoms with Crippen LogP contribution in [0.3, 0.4) is 0 Å². The van der Waals surface area contributed by atoms with Gasteiger partial charge in [0.25, 0.3) is 0 Å². The van der Waals surface area contributed by atoms with E-state index in [-0.39, 0.29) is 11.9 Å². The van der Waals surface area contributed by atoms with Crippen molar-refractivity contribution in [3.63, 3.8) is 0 Å². The fourth-order valence-corrected chi connectivity index (χ4v) is 4.23. The van der Waals surface area contributed by atoms with Gasteiger partial charge in [0.2, 0.25) is 5.91 Å².